The maximum atomic E-state index is 11.8. The molecule has 0 heterocycles. The van der Waals surface area contributed by atoms with Crippen LogP contribution in [0.15, 0.2) is 24.3 Å². The molecule has 0 atom stereocenters. The SMILES string of the molecule is CCC(C)(C)NC(=O)CNc1cccc(C(C)=O)c1. The minimum atomic E-state index is -0.194. The van der Waals surface area contributed by atoms with Crippen LogP contribution in [0.4, 0.5) is 5.69 Å². The Bertz CT molecular complexity index is 467. The predicted molar refractivity (Wildman–Crippen MR) is 77.4 cm³/mol. The summed E-state index contributed by atoms with van der Waals surface area (Å²) in [6.45, 7) is 7.73. The van der Waals surface area contributed by atoms with Gasteiger partial charge in [-0.25, -0.2) is 0 Å². The van der Waals surface area contributed by atoms with E-state index in [1.54, 1.807) is 18.2 Å². The molecule has 0 aliphatic carbocycles. The average molecular weight is 262 g/mol. The highest BCUT2D eigenvalue weighted by Crippen LogP contribution is 2.11. The lowest BCUT2D eigenvalue weighted by Crippen LogP contribution is -2.45. The van der Waals surface area contributed by atoms with Crippen LogP contribution in [0.3, 0.4) is 0 Å². The van der Waals surface area contributed by atoms with E-state index in [9.17, 15) is 9.59 Å². The average Bonchev–Trinajstić information content (AvgIpc) is 2.36. The maximum absolute atomic E-state index is 11.8. The minimum absolute atomic E-state index is 0.0141. The Morgan fingerprint density at radius 1 is 1.26 bits per heavy atom. The van der Waals surface area contributed by atoms with Crippen LogP contribution in [-0.2, 0) is 4.79 Å². The van der Waals surface area contributed by atoms with E-state index in [0.29, 0.717) is 5.56 Å². The van der Waals surface area contributed by atoms with Gasteiger partial charge in [-0.1, -0.05) is 19.1 Å². The molecule has 0 saturated carbocycles. The van der Waals surface area contributed by atoms with Gasteiger partial charge in [0, 0.05) is 16.8 Å². The first-order valence-electron chi connectivity index (χ1n) is 6.50. The first kappa shape index (κ1) is 15.2. The molecule has 1 aromatic rings. The lowest BCUT2D eigenvalue weighted by molar-refractivity contribution is -0.121. The standard InChI is InChI=1S/C15H22N2O2/c1-5-15(3,4)17-14(19)10-16-13-8-6-7-12(9-13)11(2)18/h6-9,16H,5,10H2,1-4H3,(H,17,19). The number of ketones is 1. The Morgan fingerprint density at radius 2 is 1.95 bits per heavy atom. The van der Waals surface area contributed by atoms with E-state index >= 15 is 0 Å². The molecule has 4 nitrogen and oxygen atoms in total. The van der Waals surface area contributed by atoms with E-state index in [4.69, 9.17) is 0 Å². The van der Waals surface area contributed by atoms with E-state index in [-0.39, 0.29) is 23.8 Å². The Balaban J connectivity index is 2.55. The molecular formula is C15H22N2O2. The summed E-state index contributed by atoms with van der Waals surface area (Å²) in [5, 5.41) is 5.97. The second kappa shape index (κ2) is 6.36. The van der Waals surface area contributed by atoms with Crippen molar-refractivity contribution < 1.29 is 9.59 Å². The fourth-order valence-electron chi connectivity index (χ4n) is 1.54. The number of anilines is 1. The van der Waals surface area contributed by atoms with Crippen molar-refractivity contribution in [1.29, 1.82) is 0 Å². The first-order valence-corrected chi connectivity index (χ1v) is 6.50. The van der Waals surface area contributed by atoms with Crippen LogP contribution < -0.4 is 10.6 Å². The Labute approximate surface area is 114 Å². The van der Waals surface area contributed by atoms with E-state index in [1.807, 2.05) is 26.8 Å². The molecule has 0 radical (unpaired) electrons. The topological polar surface area (TPSA) is 58.2 Å². The fraction of sp³-hybridized carbons (Fsp3) is 0.467. The Morgan fingerprint density at radius 3 is 2.53 bits per heavy atom. The highest BCUT2D eigenvalue weighted by molar-refractivity contribution is 5.95. The summed E-state index contributed by atoms with van der Waals surface area (Å²) in [6, 6.07) is 7.14. The third kappa shape index (κ3) is 5.12. The van der Waals surface area contributed by atoms with Crippen LogP contribution in [0, 0.1) is 0 Å². The molecule has 0 bridgehead atoms. The highest BCUT2D eigenvalue weighted by atomic mass is 16.2. The van der Waals surface area contributed by atoms with E-state index < -0.39 is 0 Å². The van der Waals surface area contributed by atoms with Gasteiger partial charge in [0.1, 0.15) is 0 Å². The summed E-state index contributed by atoms with van der Waals surface area (Å²) in [5.41, 5.74) is 1.22. The molecule has 0 saturated heterocycles. The number of hydrogen-bond acceptors (Lipinski definition) is 3. The van der Waals surface area contributed by atoms with Crippen molar-refractivity contribution >= 4 is 17.4 Å². The van der Waals surface area contributed by atoms with Crippen LogP contribution in [-0.4, -0.2) is 23.8 Å². The van der Waals surface area contributed by atoms with Gasteiger partial charge in [-0.3, -0.25) is 9.59 Å². The lowest BCUT2D eigenvalue weighted by Gasteiger charge is -2.24. The molecule has 104 valence electrons. The molecule has 2 N–H and O–H groups in total. The molecule has 0 aliphatic heterocycles. The van der Waals surface area contributed by atoms with Crippen molar-refractivity contribution in [1.82, 2.24) is 5.32 Å². The summed E-state index contributed by atoms with van der Waals surface area (Å²) in [7, 11) is 0. The van der Waals surface area contributed by atoms with Gasteiger partial charge in [0.25, 0.3) is 0 Å². The molecule has 1 rings (SSSR count). The van der Waals surface area contributed by atoms with Crippen molar-refractivity contribution in [2.24, 2.45) is 0 Å². The summed E-state index contributed by atoms with van der Waals surface area (Å²) >= 11 is 0. The van der Waals surface area contributed by atoms with Gasteiger partial charge in [0.05, 0.1) is 6.54 Å². The van der Waals surface area contributed by atoms with Gasteiger partial charge in [-0.15, -0.1) is 0 Å². The van der Waals surface area contributed by atoms with Crippen molar-refractivity contribution in [2.45, 2.75) is 39.7 Å². The van der Waals surface area contributed by atoms with Gasteiger partial charge < -0.3 is 10.6 Å². The van der Waals surface area contributed by atoms with Crippen LogP contribution >= 0.6 is 0 Å². The third-order valence-corrected chi connectivity index (χ3v) is 3.08. The number of rotatable bonds is 6. The van der Waals surface area contributed by atoms with Gasteiger partial charge in [0.2, 0.25) is 5.91 Å². The monoisotopic (exact) mass is 262 g/mol. The van der Waals surface area contributed by atoms with Crippen LogP contribution in [0.5, 0.6) is 0 Å². The van der Waals surface area contributed by atoms with Crippen molar-refractivity contribution in [3.05, 3.63) is 29.8 Å². The number of carbonyl (C=O) groups is 2. The summed E-state index contributed by atoms with van der Waals surface area (Å²) in [5.74, 6) is -0.0414. The number of benzene rings is 1. The summed E-state index contributed by atoms with van der Waals surface area (Å²) in [6.07, 6.45) is 0.874. The second-order valence-corrected chi connectivity index (χ2v) is 5.28. The molecule has 1 amide bonds. The number of Topliss-reactive ketones (excluding diaryl/α,β-unsaturated/α-hetero) is 1. The molecule has 0 fully saturated rings. The number of carbonyl (C=O) groups excluding carboxylic acids is 2. The highest BCUT2D eigenvalue weighted by Gasteiger charge is 2.17. The molecule has 4 heteroatoms. The smallest absolute Gasteiger partial charge is 0.239 e. The summed E-state index contributed by atoms with van der Waals surface area (Å²) in [4.78, 5) is 23.0. The normalized spacial score (nSPS) is 10.9. The molecule has 0 aliphatic rings. The number of amides is 1. The number of nitrogens with one attached hydrogen (secondary N) is 2. The van der Waals surface area contributed by atoms with E-state index in [1.165, 1.54) is 6.92 Å². The predicted octanol–water partition coefficient (Wildman–Crippen LogP) is 2.61. The van der Waals surface area contributed by atoms with Crippen LogP contribution in [0.2, 0.25) is 0 Å². The largest absolute Gasteiger partial charge is 0.376 e. The molecule has 0 unspecified atom stereocenters. The van der Waals surface area contributed by atoms with Crippen molar-refractivity contribution in [3.8, 4) is 0 Å². The minimum Gasteiger partial charge on any atom is -0.376 e. The molecular weight excluding hydrogens is 240 g/mol. The van der Waals surface area contributed by atoms with E-state index in [0.717, 1.165) is 12.1 Å². The zero-order valence-corrected chi connectivity index (χ0v) is 12.0. The molecule has 1 aromatic carbocycles. The second-order valence-electron chi connectivity index (χ2n) is 5.28. The zero-order valence-electron chi connectivity index (χ0n) is 12.0. The van der Waals surface area contributed by atoms with E-state index in [2.05, 4.69) is 10.6 Å². The first-order chi connectivity index (χ1) is 8.84. The Kier molecular flexibility index (Phi) is 5.10. The van der Waals surface area contributed by atoms with Crippen LogP contribution in [0.1, 0.15) is 44.5 Å². The van der Waals surface area contributed by atoms with Crippen molar-refractivity contribution in [2.75, 3.05) is 11.9 Å². The maximum Gasteiger partial charge on any atom is 0.239 e. The Hall–Kier alpha value is -1.84. The fourth-order valence-corrected chi connectivity index (χ4v) is 1.54. The molecule has 19 heavy (non-hydrogen) atoms. The van der Waals surface area contributed by atoms with Crippen molar-refractivity contribution in [3.63, 3.8) is 0 Å². The van der Waals surface area contributed by atoms with Gasteiger partial charge >= 0.3 is 0 Å². The molecule has 0 aromatic heterocycles. The quantitative estimate of drug-likeness (QED) is 0.775. The van der Waals surface area contributed by atoms with Gasteiger partial charge in [-0.05, 0) is 39.3 Å². The number of hydrogen-bond donors (Lipinski definition) is 2. The molecule has 0 spiro atoms. The van der Waals surface area contributed by atoms with Gasteiger partial charge in [-0.2, -0.15) is 0 Å². The van der Waals surface area contributed by atoms with Gasteiger partial charge in [0.15, 0.2) is 5.78 Å². The zero-order chi connectivity index (χ0) is 14.5. The summed E-state index contributed by atoms with van der Waals surface area (Å²) < 4.78 is 0. The third-order valence-electron chi connectivity index (χ3n) is 3.08. The van der Waals surface area contributed by atoms with Crippen LogP contribution in [0.25, 0.3) is 0 Å². The lowest BCUT2D eigenvalue weighted by atomic mass is 10.0.